The van der Waals surface area contributed by atoms with Crippen LogP contribution < -0.4 is 18.9 Å². The zero-order valence-corrected chi connectivity index (χ0v) is 9.98. The molecule has 0 aliphatic carbocycles. The van der Waals surface area contributed by atoms with E-state index < -0.39 is 5.97 Å². The molecule has 1 aromatic rings. The van der Waals surface area contributed by atoms with Gasteiger partial charge in [-0.05, 0) is 5.56 Å². The van der Waals surface area contributed by atoms with Gasteiger partial charge in [0, 0.05) is 0 Å². The first-order valence-electron chi connectivity index (χ1n) is 4.83. The smallest absolute Gasteiger partial charge is 0.480 e. The van der Waals surface area contributed by atoms with Crippen LogP contribution in [0.4, 0.5) is 0 Å². The van der Waals surface area contributed by atoms with Crippen LogP contribution in [0.5, 0.6) is 0 Å². The molecule has 1 rings (SSSR count). The Bertz CT molecular complexity index is 262. The Balaban J connectivity index is 0. The quantitative estimate of drug-likeness (QED) is 0.546. The Morgan fingerprint density at radius 1 is 1.38 bits per heavy atom. The van der Waals surface area contributed by atoms with Gasteiger partial charge in [0.15, 0.2) is 0 Å². The molecule has 0 radical (unpaired) electrons. The summed E-state index contributed by atoms with van der Waals surface area (Å²) < 4.78 is 4.88. The maximum atomic E-state index is 10.1. The van der Waals surface area contributed by atoms with Crippen molar-refractivity contribution in [1.29, 1.82) is 0 Å². The molecule has 0 amide bonds. The molecule has 0 bridgehead atoms. The van der Waals surface area contributed by atoms with E-state index in [2.05, 4.69) is 6.92 Å². The summed E-state index contributed by atoms with van der Waals surface area (Å²) in [6.07, 6.45) is 1.00. The summed E-state index contributed by atoms with van der Waals surface area (Å²) >= 11 is 0. The van der Waals surface area contributed by atoms with Crippen molar-refractivity contribution < 1.29 is 33.5 Å². The third-order valence-electron chi connectivity index (χ3n) is 1.34. The molecule has 0 unspecified atom stereocenters. The standard InChI is InChI=1S/C9H10O3.C3H7.Li/c10-9(11)7-12-6-8-4-2-1-3-5-8;1-3-2;/h1-5H,6-7H2,(H,10,11);1,3H2,2H3;/q;-1;+1. The fraction of sp³-hybridized carbons (Fsp3) is 0.333. The average molecular weight is 216 g/mol. The SMILES string of the molecule is O=C(O)COCc1ccccc1.[CH2-]CC.[Li+]. The first kappa shape index (κ1) is 17.6. The summed E-state index contributed by atoms with van der Waals surface area (Å²) in [7, 11) is 0. The topological polar surface area (TPSA) is 46.5 Å². The van der Waals surface area contributed by atoms with Crippen molar-refractivity contribution in [2.45, 2.75) is 20.0 Å². The van der Waals surface area contributed by atoms with Gasteiger partial charge < -0.3 is 16.8 Å². The molecule has 1 aromatic carbocycles. The number of hydrogen-bond acceptors (Lipinski definition) is 2. The number of ether oxygens (including phenoxy) is 1. The van der Waals surface area contributed by atoms with E-state index in [4.69, 9.17) is 9.84 Å². The minimum absolute atomic E-state index is 0. The molecule has 0 aliphatic heterocycles. The van der Waals surface area contributed by atoms with Gasteiger partial charge in [-0.1, -0.05) is 37.3 Å². The number of rotatable bonds is 4. The molecule has 0 aromatic heterocycles. The zero-order chi connectivity index (χ0) is 11.5. The Morgan fingerprint density at radius 3 is 2.31 bits per heavy atom. The molecule has 16 heavy (non-hydrogen) atoms. The van der Waals surface area contributed by atoms with Gasteiger partial charge in [-0.2, -0.15) is 6.42 Å². The number of carboxylic acids is 1. The van der Waals surface area contributed by atoms with E-state index in [0.717, 1.165) is 12.0 Å². The van der Waals surface area contributed by atoms with Gasteiger partial charge in [0.05, 0.1) is 6.61 Å². The van der Waals surface area contributed by atoms with Crippen LogP contribution in [-0.2, 0) is 16.1 Å². The van der Waals surface area contributed by atoms with Gasteiger partial charge in [0.1, 0.15) is 6.61 Å². The van der Waals surface area contributed by atoms with Crippen LogP contribution in [0, 0.1) is 6.92 Å². The molecule has 0 saturated carbocycles. The summed E-state index contributed by atoms with van der Waals surface area (Å²) in [6.45, 7) is 5.61. The maximum absolute atomic E-state index is 10.1. The van der Waals surface area contributed by atoms with Crippen LogP contribution in [0.25, 0.3) is 0 Å². The second kappa shape index (κ2) is 12.3. The maximum Gasteiger partial charge on any atom is 1.00 e. The van der Waals surface area contributed by atoms with E-state index in [-0.39, 0.29) is 25.5 Å². The first-order chi connectivity index (χ1) is 7.20. The van der Waals surface area contributed by atoms with Gasteiger partial charge in [-0.3, -0.25) is 0 Å². The van der Waals surface area contributed by atoms with Gasteiger partial charge in [0.2, 0.25) is 0 Å². The Kier molecular flexibility index (Phi) is 13.6. The van der Waals surface area contributed by atoms with E-state index in [1.54, 1.807) is 0 Å². The number of carboxylic acid groups (broad SMARTS) is 1. The number of benzene rings is 1. The van der Waals surface area contributed by atoms with Crippen LogP contribution in [0.15, 0.2) is 30.3 Å². The molecular weight excluding hydrogens is 199 g/mol. The fourth-order valence-electron chi connectivity index (χ4n) is 0.830. The van der Waals surface area contributed by atoms with Crippen LogP contribution >= 0.6 is 0 Å². The molecule has 0 saturated heterocycles. The van der Waals surface area contributed by atoms with E-state index in [1.807, 2.05) is 37.3 Å². The molecule has 0 spiro atoms. The molecule has 0 fully saturated rings. The summed E-state index contributed by atoms with van der Waals surface area (Å²) in [5.74, 6) is -0.939. The fourth-order valence-corrected chi connectivity index (χ4v) is 0.830. The molecular formula is C12H17LiO3. The van der Waals surface area contributed by atoms with Crippen LogP contribution in [0.3, 0.4) is 0 Å². The predicted molar refractivity (Wildman–Crippen MR) is 59.4 cm³/mol. The van der Waals surface area contributed by atoms with Gasteiger partial charge in [-0.15, -0.1) is 0 Å². The third-order valence-corrected chi connectivity index (χ3v) is 1.34. The van der Waals surface area contributed by atoms with E-state index >= 15 is 0 Å². The van der Waals surface area contributed by atoms with E-state index in [1.165, 1.54) is 0 Å². The summed E-state index contributed by atoms with van der Waals surface area (Å²) in [6, 6.07) is 9.46. The van der Waals surface area contributed by atoms with Gasteiger partial charge in [0.25, 0.3) is 0 Å². The normalized spacial score (nSPS) is 8.38. The third kappa shape index (κ3) is 11.3. The largest absolute Gasteiger partial charge is 1.00 e. The Labute approximate surface area is 109 Å². The van der Waals surface area contributed by atoms with Crippen LogP contribution in [-0.4, -0.2) is 17.7 Å². The minimum atomic E-state index is -0.939. The van der Waals surface area contributed by atoms with Crippen molar-refractivity contribution >= 4 is 5.97 Å². The Hall–Kier alpha value is -0.753. The average Bonchev–Trinajstić information content (AvgIpc) is 2.20. The van der Waals surface area contributed by atoms with Gasteiger partial charge in [-0.25, -0.2) is 4.79 Å². The summed E-state index contributed by atoms with van der Waals surface area (Å²) in [5, 5.41) is 8.27. The van der Waals surface area contributed by atoms with Crippen molar-refractivity contribution in [2.24, 2.45) is 0 Å². The van der Waals surface area contributed by atoms with Crippen LogP contribution in [0.1, 0.15) is 18.9 Å². The first-order valence-corrected chi connectivity index (χ1v) is 4.83. The monoisotopic (exact) mass is 216 g/mol. The van der Waals surface area contributed by atoms with Crippen molar-refractivity contribution in [1.82, 2.24) is 0 Å². The van der Waals surface area contributed by atoms with Crippen molar-refractivity contribution in [2.75, 3.05) is 6.61 Å². The molecule has 0 aliphatic rings. The van der Waals surface area contributed by atoms with Crippen LogP contribution in [0.2, 0.25) is 0 Å². The summed E-state index contributed by atoms with van der Waals surface area (Å²) in [5.41, 5.74) is 0.985. The van der Waals surface area contributed by atoms with Crippen molar-refractivity contribution in [3.05, 3.63) is 42.8 Å². The van der Waals surface area contributed by atoms with Gasteiger partial charge >= 0.3 is 24.8 Å². The molecule has 0 heterocycles. The molecule has 1 N–H and O–H groups in total. The molecule has 3 nitrogen and oxygen atoms in total. The van der Waals surface area contributed by atoms with Crippen molar-refractivity contribution in [3.8, 4) is 0 Å². The summed E-state index contributed by atoms with van der Waals surface area (Å²) in [4.78, 5) is 10.1. The zero-order valence-electron chi connectivity index (χ0n) is 9.98. The second-order valence-corrected chi connectivity index (χ2v) is 2.87. The number of hydrogen-bond donors (Lipinski definition) is 1. The second-order valence-electron chi connectivity index (χ2n) is 2.87. The Morgan fingerprint density at radius 2 is 1.88 bits per heavy atom. The predicted octanol–water partition coefficient (Wildman–Crippen LogP) is -0.478. The van der Waals surface area contributed by atoms with E-state index in [9.17, 15) is 4.79 Å². The number of aliphatic carboxylic acids is 1. The minimum Gasteiger partial charge on any atom is -0.480 e. The molecule has 4 heteroatoms. The molecule has 0 atom stereocenters. The van der Waals surface area contributed by atoms with E-state index in [0.29, 0.717) is 6.61 Å². The van der Waals surface area contributed by atoms with Crippen molar-refractivity contribution in [3.63, 3.8) is 0 Å². The number of carbonyl (C=O) groups is 1. The molecule has 84 valence electrons.